The van der Waals surface area contributed by atoms with Gasteiger partial charge in [-0.2, -0.15) is 11.3 Å². The standard InChI is InChI=1S/C14H15FN2O2S/c1-9-5-13(14(17(18)19)7-12(9)15)16-10(2)6-11-3-4-20-8-11/h3-5,7-8,10,16H,6H2,1-2H3. The van der Waals surface area contributed by atoms with Gasteiger partial charge in [-0.3, -0.25) is 10.1 Å². The Morgan fingerprint density at radius 1 is 1.50 bits per heavy atom. The summed E-state index contributed by atoms with van der Waals surface area (Å²) in [5.41, 5.74) is 1.69. The summed E-state index contributed by atoms with van der Waals surface area (Å²) < 4.78 is 13.4. The Morgan fingerprint density at radius 3 is 2.85 bits per heavy atom. The lowest BCUT2D eigenvalue weighted by atomic mass is 10.1. The van der Waals surface area contributed by atoms with Crippen LogP contribution in [-0.4, -0.2) is 11.0 Å². The van der Waals surface area contributed by atoms with E-state index in [9.17, 15) is 14.5 Å². The normalized spacial score (nSPS) is 12.2. The van der Waals surface area contributed by atoms with Gasteiger partial charge in [-0.1, -0.05) is 0 Å². The molecule has 2 aromatic rings. The molecule has 0 aliphatic carbocycles. The van der Waals surface area contributed by atoms with Gasteiger partial charge >= 0.3 is 0 Å². The van der Waals surface area contributed by atoms with Crippen LogP contribution in [0.2, 0.25) is 0 Å². The average Bonchev–Trinajstić information content (AvgIpc) is 2.85. The monoisotopic (exact) mass is 294 g/mol. The van der Waals surface area contributed by atoms with Gasteiger partial charge in [0, 0.05) is 6.04 Å². The van der Waals surface area contributed by atoms with E-state index in [4.69, 9.17) is 0 Å². The van der Waals surface area contributed by atoms with Crippen molar-refractivity contribution in [3.63, 3.8) is 0 Å². The maximum absolute atomic E-state index is 13.4. The molecule has 1 aromatic carbocycles. The highest BCUT2D eigenvalue weighted by molar-refractivity contribution is 7.07. The molecule has 4 nitrogen and oxygen atoms in total. The van der Waals surface area contributed by atoms with Gasteiger partial charge in [0.1, 0.15) is 11.5 Å². The summed E-state index contributed by atoms with van der Waals surface area (Å²) in [6, 6.07) is 4.49. The van der Waals surface area contributed by atoms with Crippen molar-refractivity contribution in [3.05, 3.63) is 56.0 Å². The second-order valence-electron chi connectivity index (χ2n) is 4.76. The molecule has 0 aliphatic heterocycles. The highest BCUT2D eigenvalue weighted by Gasteiger charge is 2.18. The number of aryl methyl sites for hydroxylation is 1. The molecule has 0 radical (unpaired) electrons. The van der Waals surface area contributed by atoms with E-state index in [1.165, 1.54) is 11.6 Å². The SMILES string of the molecule is Cc1cc(NC(C)Cc2ccsc2)c([N+](=O)[O-])cc1F. The smallest absolute Gasteiger partial charge is 0.295 e. The molecule has 6 heteroatoms. The molecular formula is C14H15FN2O2S. The lowest BCUT2D eigenvalue weighted by Gasteiger charge is -2.15. The molecule has 0 spiro atoms. The van der Waals surface area contributed by atoms with Crippen LogP contribution in [-0.2, 0) is 6.42 Å². The Hall–Kier alpha value is -1.95. The second kappa shape index (κ2) is 6.00. The Kier molecular flexibility index (Phi) is 4.34. The second-order valence-corrected chi connectivity index (χ2v) is 5.54. The van der Waals surface area contributed by atoms with E-state index < -0.39 is 10.7 Å². The van der Waals surface area contributed by atoms with E-state index in [2.05, 4.69) is 5.32 Å². The van der Waals surface area contributed by atoms with Gasteiger partial charge in [0.15, 0.2) is 0 Å². The van der Waals surface area contributed by atoms with Gasteiger partial charge in [0.05, 0.1) is 11.0 Å². The number of halogens is 1. The highest BCUT2D eigenvalue weighted by atomic mass is 32.1. The topological polar surface area (TPSA) is 55.2 Å². The molecule has 1 unspecified atom stereocenters. The van der Waals surface area contributed by atoms with Crippen LogP contribution >= 0.6 is 11.3 Å². The zero-order valence-corrected chi connectivity index (χ0v) is 12.0. The van der Waals surface area contributed by atoms with Crippen LogP contribution in [0.5, 0.6) is 0 Å². The number of hydrogen-bond donors (Lipinski definition) is 1. The molecule has 1 atom stereocenters. The van der Waals surface area contributed by atoms with Crippen molar-refractivity contribution in [2.75, 3.05) is 5.32 Å². The van der Waals surface area contributed by atoms with Crippen molar-refractivity contribution in [2.45, 2.75) is 26.3 Å². The first-order valence-electron chi connectivity index (χ1n) is 6.19. The van der Waals surface area contributed by atoms with Crippen LogP contribution in [0.3, 0.4) is 0 Å². The molecule has 0 saturated heterocycles. The van der Waals surface area contributed by atoms with Gasteiger partial charge in [-0.25, -0.2) is 4.39 Å². The predicted octanol–water partition coefficient (Wildman–Crippen LogP) is 4.15. The Balaban J connectivity index is 2.19. The summed E-state index contributed by atoms with van der Waals surface area (Å²) in [4.78, 5) is 10.4. The lowest BCUT2D eigenvalue weighted by Crippen LogP contribution is -2.18. The molecule has 106 valence electrons. The fraction of sp³-hybridized carbons (Fsp3) is 0.286. The number of nitrogens with one attached hydrogen (secondary N) is 1. The maximum atomic E-state index is 13.4. The summed E-state index contributed by atoms with van der Waals surface area (Å²) in [5, 5.41) is 18.1. The number of hydrogen-bond acceptors (Lipinski definition) is 4. The van der Waals surface area contributed by atoms with Crippen LogP contribution < -0.4 is 5.32 Å². The van der Waals surface area contributed by atoms with Crippen LogP contribution in [0.1, 0.15) is 18.1 Å². The molecule has 1 N–H and O–H groups in total. The first kappa shape index (κ1) is 14.5. The van der Waals surface area contributed by atoms with Crippen molar-refractivity contribution in [3.8, 4) is 0 Å². The summed E-state index contributed by atoms with van der Waals surface area (Å²) in [6.45, 7) is 3.54. The quantitative estimate of drug-likeness (QED) is 0.666. The average molecular weight is 294 g/mol. The number of nitro benzene ring substituents is 1. The van der Waals surface area contributed by atoms with Gasteiger partial charge in [-0.05, 0) is 54.3 Å². The molecule has 0 saturated carbocycles. The minimum atomic E-state index is -0.567. The van der Waals surface area contributed by atoms with Crippen molar-refractivity contribution >= 4 is 22.7 Å². The zero-order valence-electron chi connectivity index (χ0n) is 11.2. The van der Waals surface area contributed by atoms with Crippen molar-refractivity contribution < 1.29 is 9.31 Å². The van der Waals surface area contributed by atoms with E-state index in [0.717, 1.165) is 12.5 Å². The summed E-state index contributed by atoms with van der Waals surface area (Å²) in [6.07, 6.45) is 0.761. The van der Waals surface area contributed by atoms with Crippen LogP contribution in [0.25, 0.3) is 0 Å². The Bertz CT molecular complexity index is 614. The van der Waals surface area contributed by atoms with Crippen molar-refractivity contribution in [1.82, 2.24) is 0 Å². The minimum Gasteiger partial charge on any atom is -0.377 e. The molecule has 2 rings (SSSR count). The number of thiophene rings is 1. The third-order valence-electron chi connectivity index (χ3n) is 3.00. The lowest BCUT2D eigenvalue weighted by molar-refractivity contribution is -0.384. The van der Waals surface area contributed by atoms with Crippen molar-refractivity contribution in [1.29, 1.82) is 0 Å². The van der Waals surface area contributed by atoms with Gasteiger partial charge in [0.25, 0.3) is 5.69 Å². The van der Waals surface area contributed by atoms with Crippen molar-refractivity contribution in [2.24, 2.45) is 0 Å². The largest absolute Gasteiger partial charge is 0.377 e. The third-order valence-corrected chi connectivity index (χ3v) is 3.73. The number of anilines is 1. The Labute approximate surface area is 120 Å². The fourth-order valence-corrected chi connectivity index (χ4v) is 2.70. The minimum absolute atomic E-state index is 0.0214. The molecule has 0 aliphatic rings. The van der Waals surface area contributed by atoms with Gasteiger partial charge < -0.3 is 5.32 Å². The molecule has 1 heterocycles. The molecule has 1 aromatic heterocycles. The zero-order chi connectivity index (χ0) is 14.7. The number of benzene rings is 1. The highest BCUT2D eigenvalue weighted by Crippen LogP contribution is 2.28. The molecule has 20 heavy (non-hydrogen) atoms. The molecular weight excluding hydrogens is 279 g/mol. The number of nitrogens with zero attached hydrogens (tertiary/aromatic N) is 1. The van der Waals surface area contributed by atoms with E-state index in [0.29, 0.717) is 11.3 Å². The van der Waals surface area contributed by atoms with E-state index >= 15 is 0 Å². The fourth-order valence-electron chi connectivity index (χ4n) is 2.02. The van der Waals surface area contributed by atoms with Gasteiger partial charge in [-0.15, -0.1) is 0 Å². The summed E-state index contributed by atoms with van der Waals surface area (Å²) in [5.74, 6) is -0.562. The van der Waals surface area contributed by atoms with E-state index in [1.54, 1.807) is 18.3 Å². The summed E-state index contributed by atoms with van der Waals surface area (Å²) in [7, 11) is 0. The first-order valence-corrected chi connectivity index (χ1v) is 7.14. The van der Waals surface area contributed by atoms with Crippen LogP contribution in [0.15, 0.2) is 29.0 Å². The number of rotatable bonds is 5. The van der Waals surface area contributed by atoms with Gasteiger partial charge in [0.2, 0.25) is 0 Å². The van der Waals surface area contributed by atoms with E-state index in [-0.39, 0.29) is 11.7 Å². The predicted molar refractivity (Wildman–Crippen MR) is 78.9 cm³/mol. The third kappa shape index (κ3) is 3.33. The molecule has 0 bridgehead atoms. The van der Waals surface area contributed by atoms with Crippen LogP contribution in [0.4, 0.5) is 15.8 Å². The maximum Gasteiger partial charge on any atom is 0.295 e. The van der Waals surface area contributed by atoms with E-state index in [1.807, 2.05) is 23.8 Å². The molecule has 0 fully saturated rings. The molecule has 0 amide bonds. The Morgan fingerprint density at radius 2 is 2.25 bits per heavy atom. The van der Waals surface area contributed by atoms with Crippen LogP contribution in [0, 0.1) is 22.9 Å². The first-order chi connectivity index (χ1) is 9.47. The summed E-state index contributed by atoms with van der Waals surface area (Å²) >= 11 is 1.61. The number of nitro groups is 1.